The average Bonchev–Trinajstić information content (AvgIpc) is 3.31. The molecule has 0 saturated carbocycles. The van der Waals surface area contributed by atoms with Crippen LogP contribution in [-0.2, 0) is 28.9 Å². The van der Waals surface area contributed by atoms with Crippen LogP contribution < -0.4 is 5.56 Å². The number of halogens is 1. The van der Waals surface area contributed by atoms with Gasteiger partial charge in [0.05, 0.1) is 35.1 Å². The molecule has 5 rings (SSSR count). The van der Waals surface area contributed by atoms with Crippen molar-refractivity contribution >= 4 is 44.9 Å². The van der Waals surface area contributed by atoms with Gasteiger partial charge in [-0.3, -0.25) is 19.1 Å². The summed E-state index contributed by atoms with van der Waals surface area (Å²) in [6, 6.07) is 7.26. The number of ketones is 1. The SMILES string of the molecule is COC(=O)c1csc2c(-c3cc(Cl)ccc3C#CCn3c(C)nc4c(c3=O)CC(=O)CC4)ccnc12. The van der Waals surface area contributed by atoms with E-state index in [0.717, 1.165) is 15.8 Å². The second-order valence-electron chi connectivity index (χ2n) is 8.36. The Morgan fingerprint density at radius 1 is 1.22 bits per heavy atom. The molecule has 9 heteroatoms. The molecule has 36 heavy (non-hydrogen) atoms. The maximum atomic E-state index is 13.0. The number of methoxy groups -OCH3 is 1. The third-order valence-electron chi connectivity index (χ3n) is 6.15. The fraction of sp³-hybridized carbons (Fsp3) is 0.222. The van der Waals surface area contributed by atoms with Gasteiger partial charge < -0.3 is 4.74 Å². The zero-order chi connectivity index (χ0) is 25.4. The summed E-state index contributed by atoms with van der Waals surface area (Å²) in [5.41, 5.74) is 4.29. The van der Waals surface area contributed by atoms with Crippen molar-refractivity contribution in [3.8, 4) is 23.0 Å². The van der Waals surface area contributed by atoms with Gasteiger partial charge in [-0.15, -0.1) is 11.3 Å². The molecular formula is C27H20ClN3O4S. The van der Waals surface area contributed by atoms with Crippen molar-refractivity contribution in [2.45, 2.75) is 32.7 Å². The number of benzene rings is 1. The van der Waals surface area contributed by atoms with Gasteiger partial charge in [0.25, 0.3) is 5.56 Å². The molecule has 180 valence electrons. The summed E-state index contributed by atoms with van der Waals surface area (Å²) in [6.45, 7) is 1.91. The van der Waals surface area contributed by atoms with E-state index in [0.29, 0.717) is 51.6 Å². The molecule has 0 amide bonds. The van der Waals surface area contributed by atoms with Crippen molar-refractivity contribution < 1.29 is 14.3 Å². The van der Waals surface area contributed by atoms with Gasteiger partial charge in [-0.25, -0.2) is 9.78 Å². The smallest absolute Gasteiger partial charge is 0.340 e. The standard InChI is InChI=1S/C27H20ClN3O4S/c1-15-30-23-8-7-18(32)13-21(23)26(33)31(15)11-3-4-16-5-6-17(28)12-20(16)19-9-10-29-24-22(27(34)35-2)14-36-25(19)24/h5-6,9-10,12,14H,7-8,11,13H2,1-2H3. The number of esters is 1. The third-order valence-corrected chi connectivity index (χ3v) is 7.38. The molecule has 3 heterocycles. The number of rotatable bonds is 3. The Hall–Kier alpha value is -3.80. The molecule has 0 radical (unpaired) electrons. The van der Waals surface area contributed by atoms with E-state index in [4.69, 9.17) is 16.3 Å². The zero-order valence-corrected chi connectivity index (χ0v) is 21.1. The molecule has 3 aromatic heterocycles. The van der Waals surface area contributed by atoms with Gasteiger partial charge >= 0.3 is 5.97 Å². The van der Waals surface area contributed by atoms with Crippen LogP contribution in [0.4, 0.5) is 0 Å². The first-order valence-corrected chi connectivity index (χ1v) is 12.5. The second-order valence-corrected chi connectivity index (χ2v) is 9.68. The first kappa shape index (κ1) is 23.9. The lowest BCUT2D eigenvalue weighted by Gasteiger charge is -2.16. The molecule has 1 aromatic carbocycles. The summed E-state index contributed by atoms with van der Waals surface area (Å²) >= 11 is 7.73. The highest BCUT2D eigenvalue weighted by atomic mass is 35.5. The molecule has 0 atom stereocenters. The molecule has 1 aliphatic carbocycles. The van der Waals surface area contributed by atoms with Crippen molar-refractivity contribution in [1.82, 2.24) is 14.5 Å². The van der Waals surface area contributed by atoms with Crippen molar-refractivity contribution in [2.75, 3.05) is 7.11 Å². The molecule has 0 saturated heterocycles. The molecule has 0 bridgehead atoms. The molecule has 0 unspecified atom stereocenters. The van der Waals surface area contributed by atoms with Crippen molar-refractivity contribution in [2.24, 2.45) is 0 Å². The number of nitrogens with zero attached hydrogens (tertiary/aromatic N) is 3. The van der Waals surface area contributed by atoms with Crippen LogP contribution >= 0.6 is 22.9 Å². The van der Waals surface area contributed by atoms with E-state index < -0.39 is 5.97 Å². The van der Waals surface area contributed by atoms with E-state index in [1.165, 1.54) is 23.0 Å². The van der Waals surface area contributed by atoms with E-state index in [2.05, 4.69) is 21.8 Å². The molecular weight excluding hydrogens is 498 g/mol. The molecule has 4 aromatic rings. The summed E-state index contributed by atoms with van der Waals surface area (Å²) < 4.78 is 7.20. The number of hydrogen-bond donors (Lipinski definition) is 0. The van der Waals surface area contributed by atoms with Crippen molar-refractivity contribution in [1.29, 1.82) is 0 Å². The molecule has 1 aliphatic rings. The Kier molecular flexibility index (Phi) is 6.44. The summed E-state index contributed by atoms with van der Waals surface area (Å²) in [6.07, 6.45) is 2.70. The maximum Gasteiger partial charge on any atom is 0.340 e. The number of Topliss-reactive ketones (excluding diaryl/α,β-unsaturated/α-hetero) is 1. The lowest BCUT2D eigenvalue weighted by Crippen LogP contribution is -2.32. The topological polar surface area (TPSA) is 91.2 Å². The van der Waals surface area contributed by atoms with E-state index in [9.17, 15) is 14.4 Å². The summed E-state index contributed by atoms with van der Waals surface area (Å²) in [7, 11) is 1.34. The van der Waals surface area contributed by atoms with Crippen LogP contribution in [0.5, 0.6) is 0 Å². The van der Waals surface area contributed by atoms with Crippen LogP contribution in [0.3, 0.4) is 0 Å². The number of thiophene rings is 1. The Bertz CT molecular complexity index is 1680. The van der Waals surface area contributed by atoms with Gasteiger partial charge in [-0.2, -0.15) is 0 Å². The summed E-state index contributed by atoms with van der Waals surface area (Å²) in [5.74, 6) is 6.44. The normalized spacial score (nSPS) is 12.7. The minimum Gasteiger partial charge on any atom is -0.465 e. The van der Waals surface area contributed by atoms with Crippen LogP contribution in [-0.4, -0.2) is 33.4 Å². The minimum absolute atomic E-state index is 0.0568. The Balaban J connectivity index is 1.55. The number of aromatic nitrogens is 3. The van der Waals surface area contributed by atoms with E-state index in [-0.39, 0.29) is 24.3 Å². The lowest BCUT2D eigenvalue weighted by atomic mass is 9.96. The van der Waals surface area contributed by atoms with E-state index >= 15 is 0 Å². The Labute approximate surface area is 215 Å². The highest BCUT2D eigenvalue weighted by Gasteiger charge is 2.22. The number of carbonyl (C=O) groups is 2. The predicted molar refractivity (Wildman–Crippen MR) is 139 cm³/mol. The van der Waals surface area contributed by atoms with Crippen LogP contribution in [0.1, 0.15) is 39.4 Å². The largest absolute Gasteiger partial charge is 0.465 e. The van der Waals surface area contributed by atoms with Gasteiger partial charge in [-0.05, 0) is 37.6 Å². The van der Waals surface area contributed by atoms with E-state index in [1.54, 1.807) is 24.6 Å². The highest BCUT2D eigenvalue weighted by Crippen LogP contribution is 2.36. The average molecular weight is 518 g/mol. The first-order chi connectivity index (χ1) is 17.4. The number of pyridine rings is 1. The second kappa shape index (κ2) is 9.69. The van der Waals surface area contributed by atoms with Gasteiger partial charge in [-0.1, -0.05) is 23.4 Å². The molecule has 7 nitrogen and oxygen atoms in total. The summed E-state index contributed by atoms with van der Waals surface area (Å²) in [4.78, 5) is 46.0. The van der Waals surface area contributed by atoms with Gasteiger partial charge in [0.1, 0.15) is 11.6 Å². The summed E-state index contributed by atoms with van der Waals surface area (Å²) in [5, 5.41) is 2.27. The number of hydrogen-bond acceptors (Lipinski definition) is 7. The third kappa shape index (κ3) is 4.32. The fourth-order valence-corrected chi connectivity index (χ4v) is 5.53. The maximum absolute atomic E-state index is 13.0. The zero-order valence-electron chi connectivity index (χ0n) is 19.6. The van der Waals surface area contributed by atoms with Gasteiger partial charge in [0, 0.05) is 51.7 Å². The number of fused-ring (bicyclic) bond motifs is 2. The van der Waals surface area contributed by atoms with Gasteiger partial charge in [0.15, 0.2) is 0 Å². The Morgan fingerprint density at radius 2 is 2.06 bits per heavy atom. The van der Waals surface area contributed by atoms with Crippen molar-refractivity contribution in [3.63, 3.8) is 0 Å². The Morgan fingerprint density at radius 3 is 2.86 bits per heavy atom. The van der Waals surface area contributed by atoms with Crippen LogP contribution in [0.2, 0.25) is 5.02 Å². The van der Waals surface area contributed by atoms with Crippen LogP contribution in [0.15, 0.2) is 40.6 Å². The molecule has 0 aliphatic heterocycles. The van der Waals surface area contributed by atoms with Gasteiger partial charge in [0.2, 0.25) is 0 Å². The van der Waals surface area contributed by atoms with Crippen molar-refractivity contribution in [3.05, 3.63) is 79.4 Å². The van der Waals surface area contributed by atoms with E-state index in [1.807, 2.05) is 18.2 Å². The first-order valence-electron chi connectivity index (χ1n) is 11.2. The number of aryl methyl sites for hydroxylation is 2. The highest BCUT2D eigenvalue weighted by molar-refractivity contribution is 7.18. The fourth-order valence-electron chi connectivity index (χ4n) is 4.33. The molecule has 0 N–H and O–H groups in total. The van der Waals surface area contributed by atoms with Crippen LogP contribution in [0, 0.1) is 18.8 Å². The monoisotopic (exact) mass is 517 g/mol. The van der Waals surface area contributed by atoms with Crippen LogP contribution in [0.25, 0.3) is 21.3 Å². The number of ether oxygens (including phenoxy) is 1. The quantitative estimate of drug-likeness (QED) is 0.296. The molecule has 0 spiro atoms. The lowest BCUT2D eigenvalue weighted by molar-refractivity contribution is -0.118. The predicted octanol–water partition coefficient (Wildman–Crippen LogP) is 4.38. The minimum atomic E-state index is -0.446. The number of carbonyl (C=O) groups excluding carboxylic acids is 2. The molecule has 0 fully saturated rings.